The highest BCUT2D eigenvalue weighted by Gasteiger charge is 2.15. The molecule has 0 aromatic heterocycles. The van der Waals surface area contributed by atoms with Crippen molar-refractivity contribution >= 4 is 0 Å². The first-order valence-electron chi connectivity index (χ1n) is 5.37. The summed E-state index contributed by atoms with van der Waals surface area (Å²) in [6.45, 7) is 8.31. The Hall–Kier alpha value is -1.22. The minimum Gasteiger partial charge on any atom is -0.310 e. The zero-order valence-electron chi connectivity index (χ0n) is 9.69. The summed E-state index contributed by atoms with van der Waals surface area (Å²) < 4.78 is 26.6. The first-order valence-corrected chi connectivity index (χ1v) is 5.37. The van der Waals surface area contributed by atoms with E-state index in [1.807, 2.05) is 13.8 Å². The molecule has 16 heavy (non-hydrogen) atoms. The molecule has 1 aromatic rings. The standard InChI is InChI=1S/C13H17F2N/c1-4-16-13(7-9(2)3)11-8-10(14)5-6-12(11)15/h5-6,8,13,16H,2,4,7H2,1,3H3. The highest BCUT2D eigenvalue weighted by molar-refractivity contribution is 5.23. The number of rotatable bonds is 5. The Labute approximate surface area is 95.2 Å². The van der Waals surface area contributed by atoms with Crippen molar-refractivity contribution in [2.75, 3.05) is 6.54 Å². The molecule has 0 aliphatic carbocycles. The van der Waals surface area contributed by atoms with Gasteiger partial charge in [0.2, 0.25) is 0 Å². The largest absolute Gasteiger partial charge is 0.310 e. The van der Waals surface area contributed by atoms with Crippen LogP contribution in [0.1, 0.15) is 31.9 Å². The normalized spacial score (nSPS) is 12.5. The minimum atomic E-state index is -0.416. The second-order valence-corrected chi connectivity index (χ2v) is 3.94. The summed E-state index contributed by atoms with van der Waals surface area (Å²) in [7, 11) is 0. The highest BCUT2D eigenvalue weighted by Crippen LogP contribution is 2.23. The van der Waals surface area contributed by atoms with Crippen LogP contribution in [0.5, 0.6) is 0 Å². The van der Waals surface area contributed by atoms with E-state index in [9.17, 15) is 8.78 Å². The van der Waals surface area contributed by atoms with Gasteiger partial charge in [-0.3, -0.25) is 0 Å². The third kappa shape index (κ3) is 3.42. The molecule has 1 unspecified atom stereocenters. The highest BCUT2D eigenvalue weighted by atomic mass is 19.1. The van der Waals surface area contributed by atoms with Crippen LogP contribution >= 0.6 is 0 Å². The predicted octanol–water partition coefficient (Wildman–Crippen LogP) is 3.58. The van der Waals surface area contributed by atoms with Gasteiger partial charge < -0.3 is 5.32 Å². The first-order chi connectivity index (χ1) is 7.54. The maximum Gasteiger partial charge on any atom is 0.128 e. The summed E-state index contributed by atoms with van der Waals surface area (Å²) in [6, 6.07) is 3.32. The predicted molar refractivity (Wildman–Crippen MR) is 62.2 cm³/mol. The molecule has 1 nitrogen and oxygen atoms in total. The van der Waals surface area contributed by atoms with Crippen LogP contribution in [0, 0.1) is 11.6 Å². The summed E-state index contributed by atoms with van der Waals surface area (Å²) in [5.41, 5.74) is 1.31. The van der Waals surface area contributed by atoms with Gasteiger partial charge in [-0.2, -0.15) is 0 Å². The van der Waals surface area contributed by atoms with Crippen LogP contribution in [0.3, 0.4) is 0 Å². The molecule has 0 radical (unpaired) electrons. The fourth-order valence-electron chi connectivity index (χ4n) is 1.67. The Morgan fingerprint density at radius 2 is 2.12 bits per heavy atom. The summed E-state index contributed by atoms with van der Waals surface area (Å²) >= 11 is 0. The van der Waals surface area contributed by atoms with Crippen LogP contribution in [0.2, 0.25) is 0 Å². The molecule has 0 aliphatic rings. The molecule has 0 saturated heterocycles. The lowest BCUT2D eigenvalue weighted by atomic mass is 9.99. The van der Waals surface area contributed by atoms with Crippen LogP contribution in [-0.4, -0.2) is 6.54 Å². The van der Waals surface area contributed by atoms with Gasteiger partial charge in [0.15, 0.2) is 0 Å². The summed E-state index contributed by atoms with van der Waals surface area (Å²) in [5, 5.41) is 3.13. The average Bonchev–Trinajstić information content (AvgIpc) is 2.20. The van der Waals surface area contributed by atoms with Crippen molar-refractivity contribution in [2.45, 2.75) is 26.3 Å². The summed E-state index contributed by atoms with van der Waals surface area (Å²) in [5.74, 6) is -0.797. The van der Waals surface area contributed by atoms with E-state index in [0.717, 1.165) is 17.7 Å². The van der Waals surface area contributed by atoms with E-state index in [0.29, 0.717) is 18.5 Å². The molecule has 1 rings (SSSR count). The SMILES string of the molecule is C=C(C)CC(NCC)c1cc(F)ccc1F. The van der Waals surface area contributed by atoms with Crippen molar-refractivity contribution < 1.29 is 8.78 Å². The monoisotopic (exact) mass is 225 g/mol. The molecular weight excluding hydrogens is 208 g/mol. The first kappa shape index (κ1) is 12.8. The molecule has 0 heterocycles. The maximum atomic E-state index is 13.6. The molecule has 0 spiro atoms. The Morgan fingerprint density at radius 1 is 1.44 bits per heavy atom. The van der Waals surface area contributed by atoms with Crippen molar-refractivity contribution in [1.29, 1.82) is 0 Å². The Morgan fingerprint density at radius 3 is 2.69 bits per heavy atom. The van der Waals surface area contributed by atoms with Crippen molar-refractivity contribution in [3.05, 3.63) is 47.5 Å². The molecule has 0 aliphatic heterocycles. The average molecular weight is 225 g/mol. The molecule has 1 N–H and O–H groups in total. The molecule has 1 atom stereocenters. The van der Waals surface area contributed by atoms with E-state index in [1.165, 1.54) is 6.07 Å². The van der Waals surface area contributed by atoms with Crippen molar-refractivity contribution in [3.8, 4) is 0 Å². The Bertz CT molecular complexity index is 374. The van der Waals surface area contributed by atoms with Gasteiger partial charge in [-0.15, -0.1) is 6.58 Å². The van der Waals surface area contributed by atoms with Crippen LogP contribution in [0.25, 0.3) is 0 Å². The molecule has 3 heteroatoms. The Kier molecular flexibility index (Phi) is 4.62. The van der Waals surface area contributed by atoms with Gasteiger partial charge in [-0.25, -0.2) is 8.78 Å². The molecule has 1 aromatic carbocycles. The second kappa shape index (κ2) is 5.75. The van der Waals surface area contributed by atoms with Crippen LogP contribution in [-0.2, 0) is 0 Å². The number of halogens is 2. The zero-order chi connectivity index (χ0) is 12.1. The van der Waals surface area contributed by atoms with Crippen molar-refractivity contribution in [1.82, 2.24) is 5.32 Å². The smallest absolute Gasteiger partial charge is 0.128 e. The number of hydrogen-bond acceptors (Lipinski definition) is 1. The lowest BCUT2D eigenvalue weighted by Gasteiger charge is -2.19. The van der Waals surface area contributed by atoms with Crippen LogP contribution in [0.4, 0.5) is 8.78 Å². The van der Waals surface area contributed by atoms with E-state index in [2.05, 4.69) is 11.9 Å². The third-order valence-corrected chi connectivity index (χ3v) is 2.34. The summed E-state index contributed by atoms with van der Waals surface area (Å²) in [4.78, 5) is 0. The van der Waals surface area contributed by atoms with E-state index < -0.39 is 5.82 Å². The number of benzene rings is 1. The van der Waals surface area contributed by atoms with Crippen LogP contribution < -0.4 is 5.32 Å². The molecule has 88 valence electrons. The van der Waals surface area contributed by atoms with Gasteiger partial charge in [0, 0.05) is 11.6 Å². The second-order valence-electron chi connectivity index (χ2n) is 3.94. The van der Waals surface area contributed by atoms with Crippen molar-refractivity contribution in [3.63, 3.8) is 0 Å². The van der Waals surface area contributed by atoms with Crippen LogP contribution in [0.15, 0.2) is 30.4 Å². The zero-order valence-corrected chi connectivity index (χ0v) is 9.69. The maximum absolute atomic E-state index is 13.6. The van der Waals surface area contributed by atoms with Gasteiger partial charge >= 0.3 is 0 Å². The van der Waals surface area contributed by atoms with E-state index in [-0.39, 0.29) is 11.9 Å². The van der Waals surface area contributed by atoms with E-state index in [4.69, 9.17) is 0 Å². The fourth-order valence-corrected chi connectivity index (χ4v) is 1.67. The quantitative estimate of drug-likeness (QED) is 0.755. The lowest BCUT2D eigenvalue weighted by molar-refractivity contribution is 0.501. The van der Waals surface area contributed by atoms with Crippen molar-refractivity contribution in [2.24, 2.45) is 0 Å². The Balaban J connectivity index is 2.99. The lowest BCUT2D eigenvalue weighted by Crippen LogP contribution is -2.22. The summed E-state index contributed by atoms with van der Waals surface area (Å²) in [6.07, 6.45) is 0.605. The van der Waals surface area contributed by atoms with E-state index in [1.54, 1.807) is 0 Å². The molecule has 0 saturated carbocycles. The third-order valence-electron chi connectivity index (χ3n) is 2.34. The number of hydrogen-bond donors (Lipinski definition) is 1. The minimum absolute atomic E-state index is 0.210. The van der Waals surface area contributed by atoms with Gasteiger partial charge in [0.25, 0.3) is 0 Å². The number of nitrogens with one attached hydrogen (secondary N) is 1. The topological polar surface area (TPSA) is 12.0 Å². The molecule has 0 fully saturated rings. The molecule has 0 amide bonds. The van der Waals surface area contributed by atoms with Gasteiger partial charge in [0.1, 0.15) is 11.6 Å². The van der Waals surface area contributed by atoms with Gasteiger partial charge in [-0.1, -0.05) is 12.5 Å². The molecular formula is C13H17F2N. The molecule has 0 bridgehead atoms. The van der Waals surface area contributed by atoms with Gasteiger partial charge in [0.05, 0.1) is 0 Å². The fraction of sp³-hybridized carbons (Fsp3) is 0.385. The van der Waals surface area contributed by atoms with E-state index >= 15 is 0 Å². The van der Waals surface area contributed by atoms with Gasteiger partial charge in [-0.05, 0) is 38.1 Å².